The predicted molar refractivity (Wildman–Crippen MR) is 10.5 cm³/mol. The first-order valence-electron chi connectivity index (χ1n) is 0.667. The van der Waals surface area contributed by atoms with Crippen LogP contribution in [0.1, 0.15) is 0 Å². The van der Waals surface area contributed by atoms with E-state index in [1.807, 2.05) is 0 Å². The Kier molecular flexibility index (Phi) is 11.7. The van der Waals surface area contributed by atoms with Crippen LogP contribution in [0, 0.1) is 0 Å². The largest absolute Gasteiger partial charge is 1.00 e. The summed E-state index contributed by atoms with van der Waals surface area (Å²) < 4.78 is 34.1. The Labute approximate surface area is 65.6 Å². The minimum Gasteiger partial charge on any atom is -0.759 e. The summed E-state index contributed by atoms with van der Waals surface area (Å²) in [5, 5.41) is 0. The molecule has 7 heteroatoms. The second kappa shape index (κ2) is 5.21. The van der Waals surface area contributed by atoms with Crippen LogP contribution in [-0.2, 0) is 10.4 Å². The van der Waals surface area contributed by atoms with Crippen LogP contribution in [0.15, 0.2) is 0 Å². The van der Waals surface area contributed by atoms with Crippen molar-refractivity contribution >= 4 is 10.4 Å². The first-order valence-corrected chi connectivity index (χ1v) is 2.00. The first-order chi connectivity index (χ1) is 2.00. The monoisotopic (exact) mass is 108 g/mol. The molecule has 0 radical (unpaired) electrons. The minimum absolute atomic E-state index is 0. The SMILES string of the molecule is O=S(=O)([O-])[O-].[6Li+].[6Li+]. The molecule has 0 amide bonds. The fraction of sp³-hybridized carbons (Fsp3) is 0. The zero-order valence-corrected chi connectivity index (χ0v) is 4.86. The van der Waals surface area contributed by atoms with Crippen molar-refractivity contribution in [2.45, 2.75) is 0 Å². The van der Waals surface area contributed by atoms with Gasteiger partial charge in [0.15, 0.2) is 0 Å². The summed E-state index contributed by atoms with van der Waals surface area (Å²) in [5.74, 6) is 0. The molecule has 0 unspecified atom stereocenters. The molecule has 0 aromatic heterocycles. The maximum Gasteiger partial charge on any atom is 1.00 e. The standard InChI is InChI=1S/2Li.H2O4S/c;;1-5(2,3)4/h;;(H2,1,2,3,4)/q2*+1;/p-2/i2*1-1;. The topological polar surface area (TPSA) is 80.3 Å². The fourth-order valence-corrected chi connectivity index (χ4v) is 0. The maximum atomic E-state index is 8.52. The molecule has 0 N–H and O–H groups in total. The second-order valence-electron chi connectivity index (χ2n) is 0.408. The van der Waals surface area contributed by atoms with Crippen molar-refractivity contribution in [3.05, 3.63) is 0 Å². The summed E-state index contributed by atoms with van der Waals surface area (Å²) in [7, 11) is -5.17. The quantitative estimate of drug-likeness (QED) is 0.175. The molecule has 0 aliphatic heterocycles. The van der Waals surface area contributed by atoms with E-state index in [9.17, 15) is 0 Å². The molecule has 4 nitrogen and oxygen atoms in total. The smallest absolute Gasteiger partial charge is 0.759 e. The van der Waals surface area contributed by atoms with Gasteiger partial charge in [0.2, 0.25) is 0 Å². The van der Waals surface area contributed by atoms with Crippen LogP contribution in [0.2, 0.25) is 0 Å². The molecule has 0 aromatic rings. The van der Waals surface area contributed by atoms with Gasteiger partial charge in [-0.1, -0.05) is 0 Å². The Morgan fingerprint density at radius 3 is 1.00 bits per heavy atom. The molecule has 0 bridgehead atoms. The summed E-state index contributed by atoms with van der Waals surface area (Å²) in [6.45, 7) is 0. The number of hydrogen-bond donors (Lipinski definition) is 0. The molecule has 0 spiro atoms. The molecule has 0 saturated carbocycles. The van der Waals surface area contributed by atoms with Gasteiger partial charge in [-0.3, -0.25) is 8.42 Å². The predicted octanol–water partition coefficient (Wildman–Crippen LogP) is -7.33. The van der Waals surface area contributed by atoms with Crippen LogP contribution < -0.4 is 37.7 Å². The Hall–Kier alpha value is 1.06. The van der Waals surface area contributed by atoms with E-state index in [1.165, 1.54) is 0 Å². The van der Waals surface area contributed by atoms with Gasteiger partial charge in [-0.05, 0) is 0 Å². The van der Waals surface area contributed by atoms with E-state index in [4.69, 9.17) is 17.5 Å². The summed E-state index contributed by atoms with van der Waals surface area (Å²) in [6, 6.07) is 0. The molecule has 0 aromatic carbocycles. The Balaban J connectivity index is -0.0000000800. The van der Waals surface area contributed by atoms with E-state index >= 15 is 0 Å². The van der Waals surface area contributed by atoms with Gasteiger partial charge in [-0.15, -0.1) is 0 Å². The molecule has 0 atom stereocenters. The van der Waals surface area contributed by atoms with Gasteiger partial charge in [0.25, 0.3) is 0 Å². The summed E-state index contributed by atoms with van der Waals surface area (Å²) in [5.41, 5.74) is 0. The van der Waals surface area contributed by atoms with E-state index in [1.54, 1.807) is 0 Å². The zero-order chi connectivity index (χ0) is 4.50. The third-order valence-corrected chi connectivity index (χ3v) is 0. The van der Waals surface area contributed by atoms with Gasteiger partial charge >= 0.3 is 37.7 Å². The van der Waals surface area contributed by atoms with Crippen LogP contribution in [-0.4, -0.2) is 17.5 Å². The van der Waals surface area contributed by atoms with Crippen LogP contribution in [0.5, 0.6) is 0 Å². The minimum atomic E-state index is -5.17. The molecule has 0 aliphatic carbocycles. The number of rotatable bonds is 0. The van der Waals surface area contributed by atoms with Crippen LogP contribution >= 0.6 is 0 Å². The molecular weight excluding hydrogens is 108 g/mol. The normalized spacial score (nSPS) is 8.29. The van der Waals surface area contributed by atoms with Gasteiger partial charge in [-0.2, -0.15) is 0 Å². The molecule has 32 valence electrons. The second-order valence-corrected chi connectivity index (χ2v) is 1.22. The molecular formula is Li2O4S. The summed E-state index contributed by atoms with van der Waals surface area (Å²) >= 11 is 0. The van der Waals surface area contributed by atoms with E-state index in [-0.39, 0.29) is 37.7 Å². The van der Waals surface area contributed by atoms with E-state index in [2.05, 4.69) is 0 Å². The molecule has 0 fully saturated rings. The Bertz CT molecular complexity index is 92.9. The third kappa shape index (κ3) is 160. The van der Waals surface area contributed by atoms with Gasteiger partial charge < -0.3 is 9.11 Å². The molecule has 0 saturated heterocycles. The van der Waals surface area contributed by atoms with Crippen molar-refractivity contribution < 1.29 is 55.2 Å². The van der Waals surface area contributed by atoms with Crippen molar-refractivity contribution in [3.8, 4) is 0 Å². The van der Waals surface area contributed by atoms with Crippen molar-refractivity contribution in [3.63, 3.8) is 0 Å². The van der Waals surface area contributed by atoms with Gasteiger partial charge in [0.1, 0.15) is 0 Å². The third-order valence-electron chi connectivity index (χ3n) is 0. The first kappa shape index (κ1) is 15.7. The molecule has 7 heavy (non-hydrogen) atoms. The van der Waals surface area contributed by atoms with Gasteiger partial charge in [0.05, 0.1) is 0 Å². The molecule has 0 heterocycles. The van der Waals surface area contributed by atoms with Crippen molar-refractivity contribution in [2.75, 3.05) is 0 Å². The van der Waals surface area contributed by atoms with E-state index in [0.717, 1.165) is 0 Å². The Morgan fingerprint density at radius 2 is 1.00 bits per heavy atom. The van der Waals surface area contributed by atoms with Crippen LogP contribution in [0.4, 0.5) is 0 Å². The number of hydrogen-bond acceptors (Lipinski definition) is 4. The van der Waals surface area contributed by atoms with Crippen LogP contribution in [0.3, 0.4) is 0 Å². The average Bonchev–Trinajstić information content (AvgIpc) is 0.722. The van der Waals surface area contributed by atoms with Crippen molar-refractivity contribution in [2.24, 2.45) is 0 Å². The van der Waals surface area contributed by atoms with Crippen LogP contribution in [0.25, 0.3) is 0 Å². The Morgan fingerprint density at radius 1 is 1.00 bits per heavy atom. The van der Waals surface area contributed by atoms with Crippen molar-refractivity contribution in [1.29, 1.82) is 0 Å². The molecule has 0 aliphatic rings. The van der Waals surface area contributed by atoms with Gasteiger partial charge in [-0.25, -0.2) is 0 Å². The van der Waals surface area contributed by atoms with Crippen molar-refractivity contribution in [1.82, 2.24) is 0 Å². The summed E-state index contributed by atoms with van der Waals surface area (Å²) in [6.07, 6.45) is 0. The van der Waals surface area contributed by atoms with E-state index < -0.39 is 10.4 Å². The molecule has 0 rings (SSSR count). The van der Waals surface area contributed by atoms with Gasteiger partial charge in [0, 0.05) is 10.4 Å². The summed E-state index contributed by atoms with van der Waals surface area (Å²) in [4.78, 5) is 0. The maximum absolute atomic E-state index is 8.52. The van der Waals surface area contributed by atoms with E-state index in [0.29, 0.717) is 0 Å². The fourth-order valence-electron chi connectivity index (χ4n) is 0. The zero-order valence-electron chi connectivity index (χ0n) is 4.04. The average molecular weight is 108 g/mol.